The molecule has 0 bridgehead atoms. The fourth-order valence-electron chi connectivity index (χ4n) is 3.35. The third-order valence-corrected chi connectivity index (χ3v) is 4.90. The molecule has 1 unspecified atom stereocenters. The van der Waals surface area contributed by atoms with E-state index in [1.165, 1.54) is 109 Å². The summed E-state index contributed by atoms with van der Waals surface area (Å²) in [6, 6.07) is 0. The van der Waals surface area contributed by atoms with Crippen molar-refractivity contribution >= 4 is 0 Å². The highest BCUT2D eigenvalue weighted by Gasteiger charge is 2.08. The third-order valence-electron chi connectivity index (χ3n) is 4.90. The van der Waals surface area contributed by atoms with Crippen LogP contribution in [0.1, 0.15) is 130 Å². The molecule has 0 radical (unpaired) electrons. The largest absolute Gasteiger partial charge is 0.0654 e. The minimum Gasteiger partial charge on any atom is -0.0654 e. The topological polar surface area (TPSA) is 0 Å². The highest BCUT2D eigenvalue weighted by atomic mass is 14.1. The minimum atomic E-state index is 1.04. The molecule has 0 aromatic rings. The van der Waals surface area contributed by atoms with Crippen molar-refractivity contribution in [2.45, 2.75) is 130 Å². The Kier molecular flexibility index (Phi) is 18.1. The Morgan fingerprint density at radius 2 is 0.714 bits per heavy atom. The summed E-state index contributed by atoms with van der Waals surface area (Å²) in [5.41, 5.74) is 0. The molecule has 0 spiro atoms. The van der Waals surface area contributed by atoms with Crippen LogP contribution in [-0.2, 0) is 0 Å². The molecule has 0 aliphatic heterocycles. The Morgan fingerprint density at radius 1 is 0.381 bits per heavy atom. The van der Waals surface area contributed by atoms with Gasteiger partial charge in [-0.2, -0.15) is 0 Å². The van der Waals surface area contributed by atoms with E-state index in [1.807, 2.05) is 0 Å². The maximum absolute atomic E-state index is 2.34. The van der Waals surface area contributed by atoms with Gasteiger partial charge in [0.1, 0.15) is 0 Å². The summed E-state index contributed by atoms with van der Waals surface area (Å²) < 4.78 is 0. The van der Waals surface area contributed by atoms with E-state index in [2.05, 4.69) is 20.8 Å². The highest BCUT2D eigenvalue weighted by molar-refractivity contribution is 4.61. The van der Waals surface area contributed by atoms with Crippen molar-refractivity contribution in [3.8, 4) is 0 Å². The summed E-state index contributed by atoms with van der Waals surface area (Å²) in [6.07, 6.45) is 24.8. The van der Waals surface area contributed by atoms with Gasteiger partial charge in [-0.25, -0.2) is 0 Å². The summed E-state index contributed by atoms with van der Waals surface area (Å²) in [6.45, 7) is 6.95. The Morgan fingerprint density at radius 3 is 1.14 bits per heavy atom. The molecule has 0 N–H and O–H groups in total. The van der Waals surface area contributed by atoms with Crippen molar-refractivity contribution in [3.63, 3.8) is 0 Å². The van der Waals surface area contributed by atoms with Gasteiger partial charge in [-0.3, -0.25) is 0 Å². The molecule has 0 aliphatic carbocycles. The first-order chi connectivity index (χ1) is 10.3. The van der Waals surface area contributed by atoms with Crippen LogP contribution in [0.15, 0.2) is 0 Å². The van der Waals surface area contributed by atoms with E-state index in [9.17, 15) is 0 Å². The molecular weight excluding hydrogens is 252 g/mol. The Bertz CT molecular complexity index is 173. The second kappa shape index (κ2) is 18.1. The molecule has 0 saturated carbocycles. The van der Waals surface area contributed by atoms with Crippen molar-refractivity contribution in [1.82, 2.24) is 0 Å². The third kappa shape index (κ3) is 16.2. The Balaban J connectivity index is 3.55. The number of rotatable bonds is 17. The van der Waals surface area contributed by atoms with E-state index in [0.29, 0.717) is 0 Å². The first kappa shape index (κ1) is 21.0. The quantitative estimate of drug-likeness (QED) is 0.237. The number of hydrogen-bond donors (Lipinski definition) is 0. The van der Waals surface area contributed by atoms with Gasteiger partial charge >= 0.3 is 0 Å². The predicted octanol–water partition coefficient (Wildman–Crippen LogP) is 8.29. The van der Waals surface area contributed by atoms with Crippen LogP contribution >= 0.6 is 0 Å². The lowest BCUT2D eigenvalue weighted by molar-refractivity contribution is 0.371. The van der Waals surface area contributed by atoms with Gasteiger partial charge < -0.3 is 0 Å². The minimum absolute atomic E-state index is 1.04. The van der Waals surface area contributed by atoms with E-state index in [1.54, 1.807) is 0 Å². The predicted molar refractivity (Wildman–Crippen MR) is 99.0 cm³/mol. The van der Waals surface area contributed by atoms with E-state index in [0.717, 1.165) is 5.92 Å². The van der Waals surface area contributed by atoms with Crippen LogP contribution in [0.4, 0.5) is 0 Å². The van der Waals surface area contributed by atoms with Crippen LogP contribution in [0.3, 0.4) is 0 Å². The average Bonchev–Trinajstić information content (AvgIpc) is 2.50. The fourth-order valence-corrected chi connectivity index (χ4v) is 3.35. The van der Waals surface area contributed by atoms with Crippen LogP contribution in [0.25, 0.3) is 0 Å². The van der Waals surface area contributed by atoms with Gasteiger partial charge in [0.25, 0.3) is 0 Å². The Labute approximate surface area is 136 Å². The highest BCUT2D eigenvalue weighted by Crippen LogP contribution is 2.23. The zero-order valence-electron chi connectivity index (χ0n) is 15.6. The first-order valence-corrected chi connectivity index (χ1v) is 10.3. The van der Waals surface area contributed by atoms with E-state index >= 15 is 0 Å². The van der Waals surface area contributed by atoms with Crippen LogP contribution in [0, 0.1) is 5.92 Å². The monoisotopic (exact) mass is 296 g/mol. The van der Waals surface area contributed by atoms with E-state index in [4.69, 9.17) is 0 Å². The van der Waals surface area contributed by atoms with E-state index in [-0.39, 0.29) is 0 Å². The maximum atomic E-state index is 2.34. The van der Waals surface area contributed by atoms with Crippen LogP contribution in [-0.4, -0.2) is 0 Å². The van der Waals surface area contributed by atoms with Gasteiger partial charge in [0.05, 0.1) is 0 Å². The maximum Gasteiger partial charge on any atom is -0.0414 e. The van der Waals surface area contributed by atoms with Gasteiger partial charge in [-0.05, 0) is 5.92 Å². The molecule has 0 amide bonds. The van der Waals surface area contributed by atoms with Crippen molar-refractivity contribution < 1.29 is 0 Å². The van der Waals surface area contributed by atoms with Crippen molar-refractivity contribution in [3.05, 3.63) is 0 Å². The molecule has 128 valence electrons. The zero-order valence-corrected chi connectivity index (χ0v) is 15.6. The van der Waals surface area contributed by atoms with E-state index < -0.39 is 0 Å². The first-order valence-electron chi connectivity index (χ1n) is 10.3. The summed E-state index contributed by atoms with van der Waals surface area (Å²) in [5, 5.41) is 0. The number of hydrogen-bond acceptors (Lipinski definition) is 0. The van der Waals surface area contributed by atoms with Crippen LogP contribution in [0.2, 0.25) is 0 Å². The lowest BCUT2D eigenvalue weighted by atomic mass is 9.90. The molecule has 0 rings (SSSR count). The molecule has 0 saturated heterocycles. The molecule has 21 heavy (non-hydrogen) atoms. The SMILES string of the molecule is CCCCCCCCCC(CCCC)CCCCCCC. The zero-order chi connectivity index (χ0) is 15.6. The van der Waals surface area contributed by atoms with Crippen LogP contribution < -0.4 is 0 Å². The molecule has 0 nitrogen and oxygen atoms in total. The molecule has 0 aromatic carbocycles. The fraction of sp³-hybridized carbons (Fsp3) is 1.00. The number of unbranched alkanes of at least 4 members (excludes halogenated alkanes) is 11. The van der Waals surface area contributed by atoms with Gasteiger partial charge in [0.15, 0.2) is 0 Å². The average molecular weight is 297 g/mol. The van der Waals surface area contributed by atoms with Crippen molar-refractivity contribution in [1.29, 1.82) is 0 Å². The molecule has 0 aromatic heterocycles. The van der Waals surface area contributed by atoms with Crippen LogP contribution in [0.5, 0.6) is 0 Å². The lowest BCUT2D eigenvalue weighted by Crippen LogP contribution is -2.01. The summed E-state index contributed by atoms with van der Waals surface area (Å²) >= 11 is 0. The molecular formula is C21H44. The molecule has 1 atom stereocenters. The smallest absolute Gasteiger partial charge is 0.0414 e. The second-order valence-corrected chi connectivity index (χ2v) is 7.12. The second-order valence-electron chi connectivity index (χ2n) is 7.12. The van der Waals surface area contributed by atoms with Gasteiger partial charge in [0, 0.05) is 0 Å². The lowest BCUT2D eigenvalue weighted by Gasteiger charge is -2.16. The summed E-state index contributed by atoms with van der Waals surface area (Å²) in [7, 11) is 0. The Hall–Kier alpha value is 0. The van der Waals surface area contributed by atoms with Crippen molar-refractivity contribution in [2.75, 3.05) is 0 Å². The van der Waals surface area contributed by atoms with Gasteiger partial charge in [-0.1, -0.05) is 130 Å². The van der Waals surface area contributed by atoms with Crippen molar-refractivity contribution in [2.24, 2.45) is 5.92 Å². The van der Waals surface area contributed by atoms with Gasteiger partial charge in [0.2, 0.25) is 0 Å². The summed E-state index contributed by atoms with van der Waals surface area (Å²) in [5.74, 6) is 1.04. The molecule has 0 fully saturated rings. The molecule has 0 heteroatoms. The normalized spacial score (nSPS) is 12.7. The molecule has 0 aliphatic rings. The summed E-state index contributed by atoms with van der Waals surface area (Å²) in [4.78, 5) is 0. The standard InChI is InChI=1S/C21H44/c1-4-7-10-12-13-15-17-20-21(18-9-6-3)19-16-14-11-8-5-2/h21H,4-20H2,1-3H3. The van der Waals surface area contributed by atoms with Gasteiger partial charge in [-0.15, -0.1) is 0 Å². The molecule has 0 heterocycles.